The fraction of sp³-hybridized carbons (Fsp3) is 0.167. The summed E-state index contributed by atoms with van der Waals surface area (Å²) in [4.78, 5) is 0.565. The van der Waals surface area contributed by atoms with Crippen LogP contribution >= 0.6 is 24.2 Å². The van der Waals surface area contributed by atoms with Crippen molar-refractivity contribution < 1.29 is 4.39 Å². The van der Waals surface area contributed by atoms with Gasteiger partial charge in [-0.1, -0.05) is 0 Å². The van der Waals surface area contributed by atoms with Crippen molar-refractivity contribution in [2.75, 3.05) is 0 Å². The molecule has 0 fully saturated rings. The van der Waals surface area contributed by atoms with E-state index in [-0.39, 0.29) is 5.82 Å². The lowest BCUT2D eigenvalue weighted by Gasteiger charge is -1.90. The summed E-state index contributed by atoms with van der Waals surface area (Å²) in [6.07, 6.45) is 0. The predicted octanol–water partition coefficient (Wildman–Crippen LogP) is 2.54. The van der Waals surface area contributed by atoms with Gasteiger partial charge in [0.25, 0.3) is 0 Å². The molecule has 0 unspecified atom stereocenters. The monoisotopic (exact) mass is 175 g/mol. The Morgan fingerprint density at radius 1 is 1.80 bits per heavy atom. The molecule has 0 saturated heterocycles. The van der Waals surface area contributed by atoms with Crippen molar-refractivity contribution in [3.05, 3.63) is 22.1 Å². The minimum absolute atomic E-state index is 0.222. The molecule has 0 saturated carbocycles. The summed E-state index contributed by atoms with van der Waals surface area (Å²) in [5.74, 6) is -0.222. The maximum absolute atomic E-state index is 12.7. The van der Waals surface area contributed by atoms with Crippen LogP contribution in [-0.4, -0.2) is 5.71 Å². The van der Waals surface area contributed by atoms with E-state index in [1.807, 2.05) is 0 Å². The first-order valence-electron chi connectivity index (χ1n) is 2.67. The molecule has 1 heterocycles. The van der Waals surface area contributed by atoms with Gasteiger partial charge in [0.15, 0.2) is 0 Å². The van der Waals surface area contributed by atoms with Crippen molar-refractivity contribution in [2.45, 2.75) is 6.92 Å². The predicted molar refractivity (Wildman–Crippen MR) is 45.5 cm³/mol. The second kappa shape index (κ2) is 3.16. The second-order valence-electron chi connectivity index (χ2n) is 1.78. The Labute approximate surface area is 68.2 Å². The van der Waals surface area contributed by atoms with Gasteiger partial charge in [0.1, 0.15) is 5.82 Å². The Bertz CT molecular complexity index is 254. The maximum Gasteiger partial charge on any atom is 0.143 e. The molecule has 1 aromatic heterocycles. The summed E-state index contributed by atoms with van der Waals surface area (Å²) in [5.41, 5.74) is 0.621. The van der Waals surface area contributed by atoms with Gasteiger partial charge in [-0.05, 0) is 31.2 Å². The van der Waals surface area contributed by atoms with Crippen LogP contribution in [0.25, 0.3) is 0 Å². The van der Waals surface area contributed by atoms with E-state index >= 15 is 0 Å². The number of halogens is 1. The molecule has 1 nitrogen and oxygen atoms in total. The molecule has 0 bridgehead atoms. The minimum Gasteiger partial charge on any atom is -0.223 e. The molecule has 10 heavy (non-hydrogen) atoms. The fourth-order valence-electron chi connectivity index (χ4n) is 0.597. The van der Waals surface area contributed by atoms with E-state index < -0.39 is 0 Å². The zero-order valence-corrected chi connectivity index (χ0v) is 7.05. The van der Waals surface area contributed by atoms with Crippen LogP contribution in [0.5, 0.6) is 0 Å². The maximum atomic E-state index is 12.7. The molecule has 0 atom stereocenters. The van der Waals surface area contributed by atoms with Gasteiger partial charge >= 0.3 is 0 Å². The van der Waals surface area contributed by atoms with Gasteiger partial charge in [0.2, 0.25) is 0 Å². The van der Waals surface area contributed by atoms with E-state index in [9.17, 15) is 4.39 Å². The molecule has 54 valence electrons. The largest absolute Gasteiger partial charge is 0.223 e. The number of nitrogens with zero attached hydrogens (tertiary/aromatic N) is 1. The van der Waals surface area contributed by atoms with Crippen molar-refractivity contribution >= 4 is 29.9 Å². The van der Waals surface area contributed by atoms with E-state index in [4.69, 9.17) is 0 Å². The summed E-state index contributed by atoms with van der Waals surface area (Å²) in [7, 11) is 0. The Morgan fingerprint density at radius 2 is 2.50 bits per heavy atom. The molecule has 1 aromatic rings. The van der Waals surface area contributed by atoms with Gasteiger partial charge in [-0.2, -0.15) is 0 Å². The lowest BCUT2D eigenvalue weighted by molar-refractivity contribution is 0.631. The smallest absolute Gasteiger partial charge is 0.143 e. The topological polar surface area (TPSA) is 12.4 Å². The summed E-state index contributed by atoms with van der Waals surface area (Å²) in [5, 5.41) is 1.69. The van der Waals surface area contributed by atoms with E-state index in [2.05, 4.69) is 17.2 Å². The van der Waals surface area contributed by atoms with Gasteiger partial charge in [-0.25, -0.2) is 8.79 Å². The molecule has 0 aliphatic rings. The molecule has 0 aliphatic heterocycles. The van der Waals surface area contributed by atoms with E-state index in [1.54, 1.807) is 12.3 Å². The first-order valence-corrected chi connectivity index (χ1v) is 3.95. The van der Waals surface area contributed by atoms with Crippen molar-refractivity contribution in [1.82, 2.24) is 0 Å². The fourth-order valence-corrected chi connectivity index (χ4v) is 1.49. The van der Waals surface area contributed by atoms with Crippen molar-refractivity contribution in [3.63, 3.8) is 0 Å². The minimum atomic E-state index is -0.222. The zero-order chi connectivity index (χ0) is 7.56. The molecule has 0 aliphatic carbocycles. The number of hydrogen-bond acceptors (Lipinski definition) is 3. The molecule has 0 spiro atoms. The molecular formula is C6H6FNS2. The van der Waals surface area contributed by atoms with Gasteiger partial charge < -0.3 is 0 Å². The number of hydrogen-bond donors (Lipinski definition) is 1. The van der Waals surface area contributed by atoms with Gasteiger partial charge in [0.05, 0.1) is 10.6 Å². The van der Waals surface area contributed by atoms with E-state index in [0.717, 1.165) is 0 Å². The van der Waals surface area contributed by atoms with Crippen LogP contribution in [0.15, 0.2) is 15.8 Å². The Morgan fingerprint density at radius 3 is 2.90 bits per heavy atom. The Balaban J connectivity index is 3.05. The average Bonchev–Trinajstić information content (AvgIpc) is 2.34. The van der Waals surface area contributed by atoms with Crippen molar-refractivity contribution in [1.29, 1.82) is 0 Å². The summed E-state index contributed by atoms with van der Waals surface area (Å²) >= 11 is 5.00. The van der Waals surface area contributed by atoms with Crippen LogP contribution in [-0.2, 0) is 0 Å². The SMILES string of the molecule is C/C(=N\S)c1sccc1F. The molecular weight excluding hydrogens is 169 g/mol. The van der Waals surface area contributed by atoms with Crippen LogP contribution < -0.4 is 0 Å². The standard InChI is InChI=1S/C6H6FNS2/c1-4(8-9)6-5(7)2-3-10-6/h2-3,9H,1H3/b8-4+. The van der Waals surface area contributed by atoms with E-state index in [1.165, 1.54) is 17.4 Å². The number of thiophene rings is 1. The molecule has 0 radical (unpaired) electrons. The van der Waals surface area contributed by atoms with E-state index in [0.29, 0.717) is 10.6 Å². The highest BCUT2D eigenvalue weighted by Crippen LogP contribution is 2.15. The van der Waals surface area contributed by atoms with Crippen LogP contribution in [0, 0.1) is 5.82 Å². The normalized spacial score (nSPS) is 12.1. The molecule has 4 heteroatoms. The lowest BCUT2D eigenvalue weighted by Crippen LogP contribution is -1.90. The third-order valence-electron chi connectivity index (χ3n) is 1.10. The molecule has 0 aromatic carbocycles. The van der Waals surface area contributed by atoms with Gasteiger partial charge in [-0.3, -0.25) is 0 Å². The third kappa shape index (κ3) is 1.38. The summed E-state index contributed by atoms with van der Waals surface area (Å²) < 4.78 is 16.3. The van der Waals surface area contributed by atoms with Crippen LogP contribution in [0.1, 0.15) is 11.8 Å². The quantitative estimate of drug-likeness (QED) is 0.497. The molecule has 1 rings (SSSR count). The molecule has 0 amide bonds. The van der Waals surface area contributed by atoms with Crippen molar-refractivity contribution in [2.24, 2.45) is 4.40 Å². The van der Waals surface area contributed by atoms with Crippen LogP contribution in [0.4, 0.5) is 4.39 Å². The average molecular weight is 175 g/mol. The zero-order valence-electron chi connectivity index (χ0n) is 5.34. The second-order valence-corrected chi connectivity index (χ2v) is 2.90. The van der Waals surface area contributed by atoms with Crippen LogP contribution in [0.3, 0.4) is 0 Å². The highest BCUT2D eigenvalue weighted by atomic mass is 32.1. The molecule has 0 N–H and O–H groups in total. The first kappa shape index (κ1) is 7.75. The number of rotatable bonds is 1. The highest BCUT2D eigenvalue weighted by molar-refractivity contribution is 7.79. The number of thiol groups is 1. The highest BCUT2D eigenvalue weighted by Gasteiger charge is 2.04. The van der Waals surface area contributed by atoms with Crippen LogP contribution in [0.2, 0.25) is 0 Å². The Hall–Kier alpha value is -0.350. The Kier molecular flexibility index (Phi) is 2.45. The van der Waals surface area contributed by atoms with Gasteiger partial charge in [-0.15, -0.1) is 11.3 Å². The summed E-state index contributed by atoms with van der Waals surface area (Å²) in [6, 6.07) is 1.42. The van der Waals surface area contributed by atoms with Crippen molar-refractivity contribution in [3.8, 4) is 0 Å². The third-order valence-corrected chi connectivity index (χ3v) is 2.39. The summed E-state index contributed by atoms with van der Waals surface area (Å²) in [6.45, 7) is 1.72. The lowest BCUT2D eigenvalue weighted by atomic mass is 10.3. The first-order chi connectivity index (χ1) is 4.75. The van der Waals surface area contributed by atoms with Gasteiger partial charge in [0, 0.05) is 0 Å².